The summed E-state index contributed by atoms with van der Waals surface area (Å²) < 4.78 is 22.8. The molecule has 20 heavy (non-hydrogen) atoms. The normalized spacial score (nSPS) is 12.8. The van der Waals surface area contributed by atoms with Crippen molar-refractivity contribution in [3.05, 3.63) is 18.2 Å². The molecule has 1 rings (SSSR count). The molecule has 112 valence electrons. The van der Waals surface area contributed by atoms with Gasteiger partial charge in [0.2, 0.25) is 15.9 Å². The van der Waals surface area contributed by atoms with Crippen LogP contribution >= 0.6 is 0 Å². The maximum atomic E-state index is 11.5. The van der Waals surface area contributed by atoms with Gasteiger partial charge in [-0.25, -0.2) is 13.6 Å². The van der Waals surface area contributed by atoms with Crippen LogP contribution in [0.15, 0.2) is 23.1 Å². The van der Waals surface area contributed by atoms with Gasteiger partial charge in [0.15, 0.2) is 0 Å². The number of para-hydroxylation sites is 1. The fourth-order valence-corrected chi connectivity index (χ4v) is 2.63. The standard InChI is InChI=1S/C12H20N4O3S/c1-8(12(17)15-2)7-16(3)9-5-4-6-10(11(9)13)20(14,18)19/h4-6,8H,7,13H2,1-3H3,(H,15,17)(H2,14,18,19). The van der Waals surface area contributed by atoms with Gasteiger partial charge in [-0.3, -0.25) is 4.79 Å². The zero-order valence-corrected chi connectivity index (χ0v) is 12.6. The van der Waals surface area contributed by atoms with Gasteiger partial charge in [-0.1, -0.05) is 13.0 Å². The molecule has 0 aromatic heterocycles. The highest BCUT2D eigenvalue weighted by Crippen LogP contribution is 2.28. The second kappa shape index (κ2) is 6.10. The number of hydrogen-bond donors (Lipinski definition) is 3. The smallest absolute Gasteiger partial charge is 0.240 e. The first-order chi connectivity index (χ1) is 9.18. The maximum absolute atomic E-state index is 11.5. The topological polar surface area (TPSA) is 119 Å². The largest absolute Gasteiger partial charge is 0.396 e. The minimum absolute atomic E-state index is 0.0848. The van der Waals surface area contributed by atoms with Crippen LogP contribution in [0.2, 0.25) is 0 Å². The van der Waals surface area contributed by atoms with Gasteiger partial charge in [0, 0.05) is 20.6 Å². The lowest BCUT2D eigenvalue weighted by Gasteiger charge is -2.24. The number of nitrogens with two attached hydrogens (primary N) is 2. The number of hydrogen-bond acceptors (Lipinski definition) is 5. The summed E-state index contributed by atoms with van der Waals surface area (Å²) in [5, 5.41) is 7.67. The lowest BCUT2D eigenvalue weighted by atomic mass is 10.1. The quantitative estimate of drug-likeness (QED) is 0.647. The lowest BCUT2D eigenvalue weighted by molar-refractivity contribution is -0.123. The van der Waals surface area contributed by atoms with E-state index in [1.807, 2.05) is 0 Å². The second-order valence-electron chi connectivity index (χ2n) is 4.63. The third-order valence-corrected chi connectivity index (χ3v) is 3.97. The molecule has 1 unspecified atom stereocenters. The molecular formula is C12H20N4O3S. The fraction of sp³-hybridized carbons (Fsp3) is 0.417. The highest BCUT2D eigenvalue weighted by Gasteiger charge is 2.19. The molecule has 1 aromatic carbocycles. The van der Waals surface area contributed by atoms with Gasteiger partial charge in [0.25, 0.3) is 0 Å². The van der Waals surface area contributed by atoms with Gasteiger partial charge in [-0.2, -0.15) is 0 Å². The Morgan fingerprint density at radius 2 is 2.05 bits per heavy atom. The van der Waals surface area contributed by atoms with Gasteiger partial charge in [0.05, 0.1) is 17.3 Å². The number of nitrogen functional groups attached to an aromatic ring is 1. The number of sulfonamides is 1. The van der Waals surface area contributed by atoms with E-state index >= 15 is 0 Å². The molecule has 0 saturated carbocycles. The Kier molecular flexibility index (Phi) is 4.96. The van der Waals surface area contributed by atoms with Crippen molar-refractivity contribution in [2.75, 3.05) is 31.3 Å². The van der Waals surface area contributed by atoms with Gasteiger partial charge in [-0.15, -0.1) is 0 Å². The van der Waals surface area contributed by atoms with E-state index in [0.29, 0.717) is 12.2 Å². The van der Waals surface area contributed by atoms with Crippen molar-refractivity contribution in [1.29, 1.82) is 0 Å². The predicted octanol–water partition coefficient (Wildman–Crippen LogP) is -0.265. The molecule has 5 N–H and O–H groups in total. The van der Waals surface area contributed by atoms with E-state index in [0.717, 1.165) is 0 Å². The number of nitrogens with one attached hydrogen (secondary N) is 1. The maximum Gasteiger partial charge on any atom is 0.240 e. The number of nitrogens with zero attached hydrogens (tertiary/aromatic N) is 1. The highest BCUT2D eigenvalue weighted by atomic mass is 32.2. The van der Waals surface area contributed by atoms with Crippen LogP contribution in [0.1, 0.15) is 6.92 Å². The van der Waals surface area contributed by atoms with Crippen LogP contribution in [-0.2, 0) is 14.8 Å². The second-order valence-corrected chi connectivity index (χ2v) is 6.16. The van der Waals surface area contributed by atoms with E-state index in [-0.39, 0.29) is 22.4 Å². The van der Waals surface area contributed by atoms with Crippen molar-refractivity contribution in [1.82, 2.24) is 5.32 Å². The van der Waals surface area contributed by atoms with Gasteiger partial charge < -0.3 is 16.0 Å². The minimum atomic E-state index is -3.87. The van der Waals surface area contributed by atoms with Crippen molar-refractivity contribution in [3.8, 4) is 0 Å². The van der Waals surface area contributed by atoms with Crippen molar-refractivity contribution < 1.29 is 13.2 Å². The number of carbonyl (C=O) groups excluding carboxylic acids is 1. The average molecular weight is 300 g/mol. The van der Waals surface area contributed by atoms with Crippen molar-refractivity contribution in [2.24, 2.45) is 11.1 Å². The third kappa shape index (κ3) is 3.61. The summed E-state index contributed by atoms with van der Waals surface area (Å²) in [4.78, 5) is 13.1. The molecule has 8 heteroatoms. The summed E-state index contributed by atoms with van der Waals surface area (Å²) in [6, 6.07) is 4.59. The molecule has 0 radical (unpaired) electrons. The number of amides is 1. The Hall–Kier alpha value is -1.80. The van der Waals surface area contributed by atoms with E-state index < -0.39 is 10.0 Å². The van der Waals surface area contributed by atoms with Crippen LogP contribution in [0.25, 0.3) is 0 Å². The molecule has 0 aliphatic rings. The molecule has 1 atom stereocenters. The van der Waals surface area contributed by atoms with Crippen molar-refractivity contribution >= 4 is 27.3 Å². The van der Waals surface area contributed by atoms with E-state index in [4.69, 9.17) is 10.9 Å². The number of rotatable bonds is 5. The summed E-state index contributed by atoms with van der Waals surface area (Å²) in [6.07, 6.45) is 0. The molecule has 0 aliphatic carbocycles. The molecule has 0 saturated heterocycles. The Bertz CT molecular complexity index is 601. The Morgan fingerprint density at radius 3 is 2.55 bits per heavy atom. The first-order valence-electron chi connectivity index (χ1n) is 6.02. The zero-order valence-electron chi connectivity index (χ0n) is 11.8. The van der Waals surface area contributed by atoms with Crippen LogP contribution in [0.4, 0.5) is 11.4 Å². The number of benzene rings is 1. The highest BCUT2D eigenvalue weighted by molar-refractivity contribution is 7.89. The average Bonchev–Trinajstić information content (AvgIpc) is 2.36. The monoisotopic (exact) mass is 300 g/mol. The van der Waals surface area contributed by atoms with Gasteiger partial charge in [-0.05, 0) is 12.1 Å². The molecule has 0 spiro atoms. The SMILES string of the molecule is CNC(=O)C(C)CN(C)c1cccc(S(N)(=O)=O)c1N. The molecule has 0 bridgehead atoms. The van der Waals surface area contributed by atoms with Crippen molar-refractivity contribution in [2.45, 2.75) is 11.8 Å². The summed E-state index contributed by atoms with van der Waals surface area (Å²) in [5.74, 6) is -0.361. The zero-order chi connectivity index (χ0) is 15.5. The minimum Gasteiger partial charge on any atom is -0.396 e. The van der Waals surface area contributed by atoms with Crippen molar-refractivity contribution in [3.63, 3.8) is 0 Å². The molecular weight excluding hydrogens is 280 g/mol. The van der Waals surface area contributed by atoms with E-state index in [1.54, 1.807) is 38.1 Å². The van der Waals surface area contributed by atoms with Gasteiger partial charge >= 0.3 is 0 Å². The first-order valence-corrected chi connectivity index (χ1v) is 7.57. The van der Waals surface area contributed by atoms with E-state index in [2.05, 4.69) is 5.32 Å². The third-order valence-electron chi connectivity index (χ3n) is 3.00. The van der Waals surface area contributed by atoms with Crippen LogP contribution in [-0.4, -0.2) is 35.0 Å². The predicted molar refractivity (Wildman–Crippen MR) is 78.7 cm³/mol. The molecule has 1 aromatic rings. The number of primary sulfonamides is 1. The molecule has 0 fully saturated rings. The summed E-state index contributed by atoms with van der Waals surface area (Å²) in [6.45, 7) is 2.17. The Labute approximate surface area is 119 Å². The Morgan fingerprint density at radius 1 is 1.45 bits per heavy atom. The van der Waals surface area contributed by atoms with Crippen LogP contribution in [0.5, 0.6) is 0 Å². The van der Waals surface area contributed by atoms with Gasteiger partial charge in [0.1, 0.15) is 4.90 Å². The molecule has 0 aliphatic heterocycles. The summed E-state index contributed by atoms with van der Waals surface area (Å²) in [7, 11) is -0.571. The van der Waals surface area contributed by atoms with Crippen LogP contribution in [0.3, 0.4) is 0 Å². The van der Waals surface area contributed by atoms with E-state index in [1.165, 1.54) is 6.07 Å². The number of anilines is 2. The first kappa shape index (κ1) is 16.3. The molecule has 7 nitrogen and oxygen atoms in total. The summed E-state index contributed by atoms with van der Waals surface area (Å²) >= 11 is 0. The Balaban J connectivity index is 3.06. The number of carbonyl (C=O) groups is 1. The fourth-order valence-electron chi connectivity index (χ4n) is 1.95. The van der Waals surface area contributed by atoms with Crippen LogP contribution < -0.4 is 21.1 Å². The summed E-state index contributed by atoms with van der Waals surface area (Å²) in [5.41, 5.74) is 6.46. The van der Waals surface area contributed by atoms with Crippen LogP contribution in [0, 0.1) is 5.92 Å². The lowest BCUT2D eigenvalue weighted by Crippen LogP contribution is -2.34. The molecule has 1 amide bonds. The van der Waals surface area contributed by atoms with E-state index in [9.17, 15) is 13.2 Å². The molecule has 0 heterocycles.